The van der Waals surface area contributed by atoms with Gasteiger partial charge in [0, 0.05) is 5.02 Å². The summed E-state index contributed by atoms with van der Waals surface area (Å²) < 4.78 is 30.3. The lowest BCUT2D eigenvalue weighted by Gasteiger charge is -2.26. The van der Waals surface area contributed by atoms with Gasteiger partial charge in [0.05, 0.1) is 10.7 Å². The topological polar surface area (TPSA) is 110 Å². The number of benzene rings is 3. The van der Waals surface area contributed by atoms with E-state index in [4.69, 9.17) is 27.4 Å². The van der Waals surface area contributed by atoms with Crippen molar-refractivity contribution in [2.24, 2.45) is 0 Å². The second-order valence-electron chi connectivity index (χ2n) is 7.93. The molecule has 8 nitrogen and oxygen atoms in total. The van der Waals surface area contributed by atoms with Crippen molar-refractivity contribution in [1.29, 1.82) is 0 Å². The number of carbonyl (C=O) groups excluding carboxylic acids is 3. The average molecular weight is 545 g/mol. The van der Waals surface area contributed by atoms with Crippen LogP contribution in [0.15, 0.2) is 71.1 Å². The Labute approximate surface area is 217 Å². The van der Waals surface area contributed by atoms with Gasteiger partial charge in [0.1, 0.15) is 10.5 Å². The molecule has 36 heavy (non-hydrogen) atoms. The third-order valence-electron chi connectivity index (χ3n) is 5.29. The summed E-state index contributed by atoms with van der Waals surface area (Å²) in [5, 5.41) is 2.40. The van der Waals surface area contributed by atoms with E-state index in [1.165, 1.54) is 48.5 Å². The van der Waals surface area contributed by atoms with Crippen LogP contribution in [0.4, 0.5) is 10.5 Å². The minimum atomic E-state index is -4.13. The van der Waals surface area contributed by atoms with Crippen molar-refractivity contribution >= 4 is 62.9 Å². The van der Waals surface area contributed by atoms with E-state index in [1.54, 1.807) is 25.1 Å². The summed E-state index contributed by atoms with van der Waals surface area (Å²) in [6.07, 6.45) is 1.23. The Morgan fingerprint density at radius 1 is 0.889 bits per heavy atom. The van der Waals surface area contributed by atoms with Crippen LogP contribution in [0.1, 0.15) is 16.7 Å². The number of halogens is 2. The van der Waals surface area contributed by atoms with Crippen LogP contribution in [0.2, 0.25) is 10.0 Å². The minimum Gasteiger partial charge on any atom is -0.377 e. The predicted molar refractivity (Wildman–Crippen MR) is 136 cm³/mol. The van der Waals surface area contributed by atoms with Crippen molar-refractivity contribution in [2.75, 3.05) is 4.90 Å². The van der Waals surface area contributed by atoms with Crippen molar-refractivity contribution in [2.45, 2.75) is 18.7 Å². The molecule has 3 aromatic rings. The summed E-state index contributed by atoms with van der Waals surface area (Å²) in [7, 11) is -4.13. The van der Waals surface area contributed by atoms with Crippen molar-refractivity contribution in [3.63, 3.8) is 0 Å². The maximum absolute atomic E-state index is 13.1. The van der Waals surface area contributed by atoms with Gasteiger partial charge >= 0.3 is 16.1 Å². The Morgan fingerprint density at radius 2 is 1.58 bits per heavy atom. The maximum Gasteiger partial charge on any atom is 0.339 e. The molecule has 1 aliphatic heterocycles. The second-order valence-corrected chi connectivity index (χ2v) is 10.3. The highest BCUT2D eigenvalue weighted by molar-refractivity contribution is 7.87. The van der Waals surface area contributed by atoms with Crippen LogP contribution in [0.3, 0.4) is 0 Å². The lowest BCUT2D eigenvalue weighted by Crippen LogP contribution is -2.54. The molecule has 0 atom stereocenters. The van der Waals surface area contributed by atoms with Crippen molar-refractivity contribution in [1.82, 2.24) is 5.32 Å². The van der Waals surface area contributed by atoms with E-state index in [0.29, 0.717) is 10.6 Å². The first-order valence-corrected chi connectivity index (χ1v) is 12.6. The van der Waals surface area contributed by atoms with Crippen molar-refractivity contribution < 1.29 is 27.0 Å². The molecule has 1 heterocycles. The zero-order chi connectivity index (χ0) is 26.2. The Bertz CT molecular complexity index is 1550. The largest absolute Gasteiger partial charge is 0.377 e. The summed E-state index contributed by atoms with van der Waals surface area (Å²) >= 11 is 12.4. The maximum atomic E-state index is 13.1. The third-order valence-corrected chi connectivity index (χ3v) is 7.24. The van der Waals surface area contributed by atoms with E-state index >= 15 is 0 Å². The zero-order valence-electron chi connectivity index (χ0n) is 18.9. The first-order valence-electron chi connectivity index (χ1n) is 10.4. The molecule has 184 valence electrons. The highest BCUT2D eigenvalue weighted by Gasteiger charge is 2.37. The van der Waals surface area contributed by atoms with E-state index in [0.717, 1.165) is 16.0 Å². The van der Waals surface area contributed by atoms with E-state index in [9.17, 15) is 22.8 Å². The molecule has 1 N–H and O–H groups in total. The minimum absolute atomic E-state index is 0.0409. The van der Waals surface area contributed by atoms with E-state index in [2.05, 4.69) is 5.32 Å². The van der Waals surface area contributed by atoms with E-state index < -0.39 is 28.0 Å². The van der Waals surface area contributed by atoms with Crippen LogP contribution in [0.25, 0.3) is 6.08 Å². The molecular weight excluding hydrogens is 527 g/mol. The second kappa shape index (κ2) is 9.77. The van der Waals surface area contributed by atoms with Gasteiger partial charge in [0.25, 0.3) is 11.8 Å². The number of rotatable bonds is 5. The number of hydrogen-bond donors (Lipinski definition) is 1. The van der Waals surface area contributed by atoms with Gasteiger partial charge in [-0.3, -0.25) is 14.9 Å². The third kappa shape index (κ3) is 5.13. The molecule has 11 heteroatoms. The van der Waals surface area contributed by atoms with Gasteiger partial charge in [-0.05, 0) is 67.4 Å². The smallest absolute Gasteiger partial charge is 0.339 e. The van der Waals surface area contributed by atoms with Gasteiger partial charge in [-0.2, -0.15) is 8.42 Å². The molecule has 0 radical (unpaired) electrons. The van der Waals surface area contributed by atoms with Crippen molar-refractivity contribution in [3.8, 4) is 5.75 Å². The standard InChI is InChI=1S/C25H18Cl2N2O6S/c1-14-3-8-18(9-4-14)36(33,34)35-22-10-6-16(12-21(22)27)11-19-23(30)28-25(32)29(24(19)31)17-7-5-15(2)20(26)13-17/h3-13H,1-2H3,(H,28,30,32)/b19-11+. The number of imide groups is 2. The summed E-state index contributed by atoms with van der Waals surface area (Å²) in [6.45, 7) is 3.59. The number of barbiturate groups is 1. The number of nitrogens with zero attached hydrogens (tertiary/aromatic N) is 1. The summed E-state index contributed by atoms with van der Waals surface area (Å²) in [5.41, 5.74) is 1.79. The molecule has 1 aliphatic rings. The zero-order valence-corrected chi connectivity index (χ0v) is 21.2. The number of amides is 4. The van der Waals surface area contributed by atoms with Gasteiger partial charge in [0.2, 0.25) is 0 Å². The summed E-state index contributed by atoms with van der Waals surface area (Å²) in [4.78, 5) is 38.6. The van der Waals surface area contributed by atoms with Crippen LogP contribution in [0.5, 0.6) is 5.75 Å². The van der Waals surface area contributed by atoms with Gasteiger partial charge in [-0.15, -0.1) is 0 Å². The molecule has 0 aromatic heterocycles. The molecule has 4 amide bonds. The molecule has 3 aromatic carbocycles. The molecule has 1 fully saturated rings. The number of urea groups is 1. The summed E-state index contributed by atoms with van der Waals surface area (Å²) in [5.74, 6) is -1.88. The Balaban J connectivity index is 1.62. The summed E-state index contributed by atoms with van der Waals surface area (Å²) in [6, 6.07) is 13.9. The number of nitrogens with one attached hydrogen (secondary N) is 1. The van der Waals surface area contributed by atoms with Crippen LogP contribution >= 0.6 is 23.2 Å². The fourth-order valence-electron chi connectivity index (χ4n) is 3.33. The van der Waals surface area contributed by atoms with Crippen LogP contribution < -0.4 is 14.4 Å². The fraction of sp³-hybridized carbons (Fsp3) is 0.0800. The van der Waals surface area contributed by atoms with Gasteiger partial charge in [-0.1, -0.05) is 53.0 Å². The van der Waals surface area contributed by atoms with Gasteiger partial charge in [0.15, 0.2) is 5.75 Å². The number of carbonyl (C=O) groups is 3. The first-order chi connectivity index (χ1) is 17.0. The lowest BCUT2D eigenvalue weighted by atomic mass is 10.1. The Hall–Kier alpha value is -3.66. The van der Waals surface area contributed by atoms with Crippen molar-refractivity contribution in [3.05, 3.63) is 93.0 Å². The lowest BCUT2D eigenvalue weighted by molar-refractivity contribution is -0.122. The Kier molecular flexibility index (Phi) is 6.90. The van der Waals surface area contributed by atoms with Gasteiger partial charge in [-0.25, -0.2) is 9.69 Å². The predicted octanol–water partition coefficient (Wildman–Crippen LogP) is 5.04. The Morgan fingerprint density at radius 3 is 2.22 bits per heavy atom. The molecule has 0 saturated carbocycles. The molecule has 0 spiro atoms. The average Bonchev–Trinajstić information content (AvgIpc) is 2.81. The van der Waals surface area contributed by atoms with Crippen LogP contribution in [-0.2, 0) is 19.7 Å². The van der Waals surface area contributed by atoms with Crippen LogP contribution in [-0.4, -0.2) is 26.3 Å². The molecule has 4 rings (SSSR count). The first kappa shape index (κ1) is 25.4. The van der Waals surface area contributed by atoms with Gasteiger partial charge < -0.3 is 4.18 Å². The molecular formula is C25H18Cl2N2O6S. The molecule has 1 saturated heterocycles. The number of anilines is 1. The molecule has 0 unspecified atom stereocenters. The quantitative estimate of drug-likeness (QED) is 0.273. The van der Waals surface area contributed by atoms with Crippen LogP contribution in [0, 0.1) is 13.8 Å². The van der Waals surface area contributed by atoms with E-state index in [1.807, 2.05) is 6.92 Å². The molecule has 0 aliphatic carbocycles. The highest BCUT2D eigenvalue weighted by Crippen LogP contribution is 2.31. The number of hydrogen-bond acceptors (Lipinski definition) is 6. The highest BCUT2D eigenvalue weighted by atomic mass is 35.5. The normalized spacial score (nSPS) is 15.3. The van der Waals surface area contributed by atoms with E-state index in [-0.39, 0.29) is 26.9 Å². The fourth-order valence-corrected chi connectivity index (χ4v) is 4.72. The molecule has 0 bridgehead atoms. The SMILES string of the molecule is Cc1ccc(S(=O)(=O)Oc2ccc(/C=C3\C(=O)NC(=O)N(c4ccc(C)c(Cl)c4)C3=O)cc2Cl)cc1. The monoisotopic (exact) mass is 544 g/mol. The number of aryl methyl sites for hydroxylation is 2.